The van der Waals surface area contributed by atoms with E-state index in [2.05, 4.69) is 6.92 Å². The van der Waals surface area contributed by atoms with Crippen molar-refractivity contribution in [2.75, 3.05) is 0 Å². The second-order valence-electron chi connectivity index (χ2n) is 4.75. The van der Waals surface area contributed by atoms with E-state index in [4.69, 9.17) is 6.11 Å². The van der Waals surface area contributed by atoms with Crippen molar-refractivity contribution in [3.63, 3.8) is 0 Å². The van der Waals surface area contributed by atoms with Crippen LogP contribution in [0.3, 0.4) is 0 Å². The SMILES string of the molecule is [2H]C(CCCC)C(C(=O)OC(C)C)c1ccccc1. The van der Waals surface area contributed by atoms with Crippen LogP contribution < -0.4 is 0 Å². The van der Waals surface area contributed by atoms with Gasteiger partial charge in [-0.15, -0.1) is 0 Å². The van der Waals surface area contributed by atoms with Crippen LogP contribution in [-0.4, -0.2) is 12.1 Å². The highest BCUT2D eigenvalue weighted by atomic mass is 16.5. The third-order valence-electron chi connectivity index (χ3n) is 2.72. The molecular weight excluding hydrogens is 224 g/mol. The highest BCUT2D eigenvalue weighted by Crippen LogP contribution is 2.24. The van der Waals surface area contributed by atoms with Crippen molar-refractivity contribution in [3.8, 4) is 0 Å². The van der Waals surface area contributed by atoms with E-state index in [0.29, 0.717) is 0 Å². The van der Waals surface area contributed by atoms with Crippen molar-refractivity contribution in [1.29, 1.82) is 0 Å². The van der Waals surface area contributed by atoms with Gasteiger partial charge < -0.3 is 4.74 Å². The number of esters is 1. The van der Waals surface area contributed by atoms with E-state index in [1.807, 2.05) is 44.2 Å². The summed E-state index contributed by atoms with van der Waals surface area (Å²) in [6.07, 6.45) is 2.15. The van der Waals surface area contributed by atoms with Crippen LogP contribution in [0.1, 0.15) is 59.3 Å². The maximum atomic E-state index is 12.2. The summed E-state index contributed by atoms with van der Waals surface area (Å²) in [7, 11) is 0. The van der Waals surface area contributed by atoms with E-state index in [0.717, 1.165) is 24.8 Å². The molecule has 0 amide bonds. The zero-order valence-corrected chi connectivity index (χ0v) is 11.6. The fourth-order valence-corrected chi connectivity index (χ4v) is 1.82. The largest absolute Gasteiger partial charge is 0.463 e. The van der Waals surface area contributed by atoms with Gasteiger partial charge in [0.1, 0.15) is 0 Å². The highest BCUT2D eigenvalue weighted by molar-refractivity contribution is 5.78. The van der Waals surface area contributed by atoms with Crippen molar-refractivity contribution in [1.82, 2.24) is 0 Å². The number of ether oxygens (including phenoxy) is 1. The molecule has 1 aromatic carbocycles. The van der Waals surface area contributed by atoms with Crippen molar-refractivity contribution < 1.29 is 10.9 Å². The standard InChI is InChI=1S/C16H24O2/c1-4-5-7-12-15(16(17)18-13(2)3)14-10-8-6-9-11-14/h6,8-11,13,15H,4-5,7,12H2,1-3H3/i12D. The Morgan fingerprint density at radius 2 is 1.94 bits per heavy atom. The minimum Gasteiger partial charge on any atom is -0.463 e. The lowest BCUT2D eigenvalue weighted by atomic mass is 9.93. The Bertz CT molecular complexity index is 376. The Balaban J connectivity index is 2.87. The van der Waals surface area contributed by atoms with E-state index in [1.54, 1.807) is 0 Å². The molecule has 0 aliphatic carbocycles. The molecule has 2 unspecified atom stereocenters. The van der Waals surface area contributed by atoms with Crippen LogP contribution in [0.25, 0.3) is 0 Å². The minimum atomic E-state index is -0.477. The van der Waals surface area contributed by atoms with Crippen LogP contribution in [0, 0.1) is 0 Å². The highest BCUT2D eigenvalue weighted by Gasteiger charge is 2.22. The second-order valence-corrected chi connectivity index (χ2v) is 4.75. The molecule has 2 heteroatoms. The Morgan fingerprint density at radius 1 is 1.28 bits per heavy atom. The molecule has 0 saturated heterocycles. The van der Waals surface area contributed by atoms with E-state index >= 15 is 0 Å². The van der Waals surface area contributed by atoms with Crippen LogP contribution in [0.2, 0.25) is 0 Å². The topological polar surface area (TPSA) is 26.3 Å². The molecule has 0 N–H and O–H groups in total. The molecule has 0 aromatic heterocycles. The monoisotopic (exact) mass is 249 g/mol. The van der Waals surface area contributed by atoms with Gasteiger partial charge in [0.2, 0.25) is 0 Å². The summed E-state index contributed by atoms with van der Waals surface area (Å²) in [6.45, 7) is 5.77. The Labute approximate surface area is 112 Å². The summed E-state index contributed by atoms with van der Waals surface area (Å²) in [5.41, 5.74) is 0.879. The summed E-state index contributed by atoms with van der Waals surface area (Å²) in [5.74, 6) is -0.757. The molecule has 0 saturated carbocycles. The summed E-state index contributed by atoms with van der Waals surface area (Å²) in [6, 6.07) is 9.52. The fraction of sp³-hybridized carbons (Fsp3) is 0.562. The molecule has 0 bridgehead atoms. The third-order valence-corrected chi connectivity index (χ3v) is 2.72. The molecule has 2 nitrogen and oxygen atoms in total. The molecule has 0 radical (unpaired) electrons. The molecule has 0 aliphatic rings. The molecule has 2 atom stereocenters. The quantitative estimate of drug-likeness (QED) is 0.673. The average molecular weight is 249 g/mol. The number of benzene rings is 1. The summed E-state index contributed by atoms with van der Waals surface area (Å²) in [5, 5.41) is 0. The molecule has 1 aromatic rings. The van der Waals surface area contributed by atoms with Gasteiger partial charge in [-0.3, -0.25) is 4.79 Å². The first-order valence-corrected chi connectivity index (χ1v) is 6.74. The van der Waals surface area contributed by atoms with Gasteiger partial charge in [0.25, 0.3) is 0 Å². The number of unbranched alkanes of at least 4 members (excludes halogenated alkanes) is 1. The summed E-state index contributed by atoms with van der Waals surface area (Å²) >= 11 is 0. The van der Waals surface area contributed by atoms with Gasteiger partial charge in [-0.2, -0.15) is 0 Å². The van der Waals surface area contributed by atoms with Crippen LogP contribution >= 0.6 is 0 Å². The molecule has 1 rings (SSSR count). The van der Waals surface area contributed by atoms with Crippen molar-refractivity contribution >= 4 is 5.97 Å². The van der Waals surface area contributed by atoms with Gasteiger partial charge in [0, 0.05) is 1.37 Å². The maximum absolute atomic E-state index is 12.2. The van der Waals surface area contributed by atoms with E-state index in [-0.39, 0.29) is 12.1 Å². The first-order chi connectivity index (χ1) is 9.06. The molecule has 0 aliphatic heterocycles. The molecule has 100 valence electrons. The lowest BCUT2D eigenvalue weighted by Gasteiger charge is -2.18. The lowest BCUT2D eigenvalue weighted by molar-refractivity contribution is -0.149. The normalized spacial score (nSPS) is 15.0. The number of carbonyl (C=O) groups is 1. The van der Waals surface area contributed by atoms with E-state index in [9.17, 15) is 4.79 Å². The first-order valence-electron chi connectivity index (χ1n) is 7.31. The molecular formula is C16H24O2. The third kappa shape index (κ3) is 4.91. The molecule has 0 heterocycles. The maximum Gasteiger partial charge on any atom is 0.313 e. The molecule has 0 fully saturated rings. The van der Waals surface area contributed by atoms with E-state index < -0.39 is 12.3 Å². The van der Waals surface area contributed by atoms with Gasteiger partial charge in [0.05, 0.1) is 12.0 Å². The molecule has 0 spiro atoms. The first kappa shape index (κ1) is 13.1. The average Bonchev–Trinajstić information content (AvgIpc) is 2.37. The van der Waals surface area contributed by atoms with Gasteiger partial charge in [-0.25, -0.2) is 0 Å². The van der Waals surface area contributed by atoms with Gasteiger partial charge in [-0.1, -0.05) is 56.5 Å². The Hall–Kier alpha value is -1.31. The molecule has 18 heavy (non-hydrogen) atoms. The van der Waals surface area contributed by atoms with Crippen molar-refractivity contribution in [3.05, 3.63) is 35.9 Å². The summed E-state index contributed by atoms with van der Waals surface area (Å²) in [4.78, 5) is 12.2. The smallest absolute Gasteiger partial charge is 0.313 e. The van der Waals surface area contributed by atoms with Crippen LogP contribution in [0.15, 0.2) is 30.3 Å². The van der Waals surface area contributed by atoms with E-state index in [1.165, 1.54) is 0 Å². The lowest BCUT2D eigenvalue weighted by Crippen LogP contribution is -2.19. The van der Waals surface area contributed by atoms with Crippen LogP contribution in [0.4, 0.5) is 0 Å². The number of hydrogen-bond acceptors (Lipinski definition) is 2. The van der Waals surface area contributed by atoms with Gasteiger partial charge in [-0.05, 0) is 25.8 Å². The van der Waals surface area contributed by atoms with Crippen LogP contribution in [0.5, 0.6) is 0 Å². The van der Waals surface area contributed by atoms with Gasteiger partial charge in [0.15, 0.2) is 0 Å². The number of hydrogen-bond donors (Lipinski definition) is 0. The zero-order chi connectivity index (χ0) is 14.3. The Morgan fingerprint density at radius 3 is 2.50 bits per heavy atom. The minimum absolute atomic E-state index is 0.142. The summed E-state index contributed by atoms with van der Waals surface area (Å²) < 4.78 is 13.6. The Kier molecular flexibility index (Phi) is 5.77. The van der Waals surface area contributed by atoms with Crippen molar-refractivity contribution in [2.24, 2.45) is 0 Å². The number of rotatable bonds is 7. The fourth-order valence-electron chi connectivity index (χ4n) is 1.82. The van der Waals surface area contributed by atoms with Crippen LogP contribution in [-0.2, 0) is 9.53 Å². The second kappa shape index (κ2) is 7.91. The predicted molar refractivity (Wildman–Crippen MR) is 74.6 cm³/mol. The number of carbonyl (C=O) groups excluding carboxylic acids is 1. The predicted octanol–water partition coefficient (Wildman–Crippen LogP) is 4.30. The van der Waals surface area contributed by atoms with Gasteiger partial charge >= 0.3 is 5.97 Å². The zero-order valence-electron chi connectivity index (χ0n) is 12.6. The van der Waals surface area contributed by atoms with Crippen molar-refractivity contribution in [2.45, 2.75) is 58.5 Å².